The van der Waals surface area contributed by atoms with Crippen molar-refractivity contribution in [3.8, 4) is 22.9 Å². The van der Waals surface area contributed by atoms with Gasteiger partial charge in [0.1, 0.15) is 12.9 Å². The fourth-order valence-electron chi connectivity index (χ4n) is 3.01. The molecular formula is C21H22ClN5O3. The Kier molecular flexibility index (Phi) is 5.36. The molecule has 156 valence electrons. The third kappa shape index (κ3) is 4.39. The van der Waals surface area contributed by atoms with E-state index in [-0.39, 0.29) is 6.61 Å². The lowest BCUT2D eigenvalue weighted by molar-refractivity contribution is 0.0276. The van der Waals surface area contributed by atoms with Crippen LogP contribution in [0, 0.1) is 0 Å². The maximum Gasteiger partial charge on any atom is 0.162 e. The summed E-state index contributed by atoms with van der Waals surface area (Å²) in [5.74, 6) is 1.75. The van der Waals surface area contributed by atoms with E-state index >= 15 is 0 Å². The highest BCUT2D eigenvalue weighted by Crippen LogP contribution is 2.33. The Morgan fingerprint density at radius 3 is 2.63 bits per heavy atom. The smallest absolute Gasteiger partial charge is 0.162 e. The monoisotopic (exact) mass is 427 g/mol. The largest absolute Gasteiger partial charge is 0.493 e. The van der Waals surface area contributed by atoms with Crippen LogP contribution in [0.3, 0.4) is 0 Å². The number of ether oxygens (including phenoxy) is 2. The van der Waals surface area contributed by atoms with Crippen LogP contribution in [0.25, 0.3) is 11.4 Å². The number of methoxy groups -OCH3 is 1. The topological polar surface area (TPSA) is 85.0 Å². The molecule has 3 heterocycles. The van der Waals surface area contributed by atoms with E-state index in [1.54, 1.807) is 39.7 Å². The van der Waals surface area contributed by atoms with E-state index in [0.717, 1.165) is 16.9 Å². The molecule has 30 heavy (non-hydrogen) atoms. The lowest BCUT2D eigenvalue weighted by Crippen LogP contribution is -2.28. The van der Waals surface area contributed by atoms with Crippen LogP contribution in [0.15, 0.2) is 48.0 Å². The van der Waals surface area contributed by atoms with Crippen LogP contribution in [-0.2, 0) is 6.54 Å². The molecular weight excluding hydrogens is 406 g/mol. The molecule has 1 aliphatic rings. The summed E-state index contributed by atoms with van der Waals surface area (Å²) in [4.78, 5) is 10.5. The molecule has 0 aliphatic carbocycles. The molecule has 0 bridgehead atoms. The first kappa shape index (κ1) is 20.2. The first-order valence-corrected chi connectivity index (χ1v) is 9.74. The van der Waals surface area contributed by atoms with Crippen molar-refractivity contribution in [2.75, 3.05) is 18.6 Å². The average molecular weight is 428 g/mol. The fourth-order valence-corrected chi connectivity index (χ4v) is 3.10. The van der Waals surface area contributed by atoms with E-state index in [1.807, 2.05) is 40.0 Å². The zero-order chi connectivity index (χ0) is 21.3. The molecule has 2 aromatic heterocycles. The second-order valence-electron chi connectivity index (χ2n) is 7.58. The molecule has 0 unspecified atom stereocenters. The van der Waals surface area contributed by atoms with Gasteiger partial charge in [-0.2, -0.15) is 5.10 Å². The highest BCUT2D eigenvalue weighted by atomic mass is 35.5. The Morgan fingerprint density at radius 1 is 1.17 bits per heavy atom. The highest BCUT2D eigenvalue weighted by molar-refractivity contribution is 6.30. The SMILES string of the molecule is COc1cc(N2C=Nn3cc(-c4ncc(Cl)cn4)cc3C2)ccc1OCC(C)(C)O. The van der Waals surface area contributed by atoms with Gasteiger partial charge in [0.25, 0.3) is 0 Å². The van der Waals surface area contributed by atoms with Gasteiger partial charge in [-0.05, 0) is 32.0 Å². The Bertz CT molecular complexity index is 1070. The molecule has 1 aromatic carbocycles. The number of benzene rings is 1. The first-order valence-electron chi connectivity index (χ1n) is 9.36. The summed E-state index contributed by atoms with van der Waals surface area (Å²) in [6, 6.07) is 7.64. The number of aliphatic hydroxyl groups is 1. The number of anilines is 1. The standard InChI is InChI=1S/C21H22ClN5O3/c1-21(2,28)12-30-18-5-4-16(7-19(18)29-3)26-11-17-6-14(10-27(17)25-13-26)20-23-8-15(22)9-24-20/h4-10,13,28H,11-12H2,1-3H3. The molecule has 0 saturated carbocycles. The number of rotatable bonds is 6. The van der Waals surface area contributed by atoms with Gasteiger partial charge in [-0.15, -0.1) is 0 Å². The van der Waals surface area contributed by atoms with Crippen LogP contribution < -0.4 is 14.4 Å². The van der Waals surface area contributed by atoms with E-state index in [0.29, 0.717) is 28.9 Å². The predicted octanol–water partition coefficient (Wildman–Crippen LogP) is 3.57. The average Bonchev–Trinajstić information content (AvgIpc) is 3.15. The van der Waals surface area contributed by atoms with Crippen molar-refractivity contribution < 1.29 is 14.6 Å². The van der Waals surface area contributed by atoms with Gasteiger partial charge in [0.15, 0.2) is 17.3 Å². The molecule has 3 aromatic rings. The van der Waals surface area contributed by atoms with E-state index in [9.17, 15) is 5.11 Å². The summed E-state index contributed by atoms with van der Waals surface area (Å²) in [7, 11) is 1.59. The molecule has 0 fully saturated rings. The van der Waals surface area contributed by atoms with Crippen molar-refractivity contribution in [1.82, 2.24) is 14.6 Å². The minimum Gasteiger partial charge on any atom is -0.493 e. The van der Waals surface area contributed by atoms with Gasteiger partial charge in [0.2, 0.25) is 0 Å². The quantitative estimate of drug-likeness (QED) is 0.647. The number of fused-ring (bicyclic) bond motifs is 1. The summed E-state index contributed by atoms with van der Waals surface area (Å²) < 4.78 is 13.0. The molecule has 0 spiro atoms. The Labute approximate surface area is 179 Å². The second-order valence-corrected chi connectivity index (χ2v) is 8.02. The summed E-state index contributed by atoms with van der Waals surface area (Å²) in [5.41, 5.74) is 1.84. The second kappa shape index (κ2) is 7.97. The molecule has 0 amide bonds. The van der Waals surface area contributed by atoms with Crippen molar-refractivity contribution in [2.24, 2.45) is 5.10 Å². The third-order valence-corrected chi connectivity index (χ3v) is 4.66. The Morgan fingerprint density at radius 2 is 1.93 bits per heavy atom. The number of nitrogens with zero attached hydrogens (tertiary/aromatic N) is 5. The third-order valence-electron chi connectivity index (χ3n) is 4.46. The van der Waals surface area contributed by atoms with Crippen LogP contribution in [0.5, 0.6) is 11.5 Å². The van der Waals surface area contributed by atoms with Gasteiger partial charge >= 0.3 is 0 Å². The van der Waals surface area contributed by atoms with E-state index in [2.05, 4.69) is 15.1 Å². The molecule has 9 heteroatoms. The van der Waals surface area contributed by atoms with Gasteiger partial charge in [-0.25, -0.2) is 14.6 Å². The van der Waals surface area contributed by atoms with Crippen LogP contribution in [0.2, 0.25) is 5.02 Å². The highest BCUT2D eigenvalue weighted by Gasteiger charge is 2.19. The minimum absolute atomic E-state index is 0.164. The lowest BCUT2D eigenvalue weighted by atomic mass is 10.1. The van der Waals surface area contributed by atoms with Gasteiger partial charge < -0.3 is 19.5 Å². The zero-order valence-electron chi connectivity index (χ0n) is 16.9. The van der Waals surface area contributed by atoms with Gasteiger partial charge in [0.05, 0.1) is 30.0 Å². The molecule has 1 aliphatic heterocycles. The van der Waals surface area contributed by atoms with Crippen molar-refractivity contribution in [3.05, 3.63) is 53.6 Å². The maximum atomic E-state index is 9.88. The molecule has 8 nitrogen and oxygen atoms in total. The Balaban J connectivity index is 1.53. The van der Waals surface area contributed by atoms with Crippen LogP contribution in [0.1, 0.15) is 19.5 Å². The summed E-state index contributed by atoms with van der Waals surface area (Å²) in [6.45, 7) is 4.16. The van der Waals surface area contributed by atoms with Crippen LogP contribution in [-0.4, -0.2) is 45.4 Å². The van der Waals surface area contributed by atoms with Gasteiger partial charge in [0, 0.05) is 35.9 Å². The Hall–Kier alpha value is -3.10. The van der Waals surface area contributed by atoms with E-state index in [4.69, 9.17) is 21.1 Å². The summed E-state index contributed by atoms with van der Waals surface area (Å²) >= 11 is 5.87. The number of halogens is 1. The molecule has 0 saturated heterocycles. The number of hydrogen-bond acceptors (Lipinski definition) is 7. The zero-order valence-corrected chi connectivity index (χ0v) is 17.7. The molecule has 0 radical (unpaired) electrons. The van der Waals surface area contributed by atoms with Gasteiger partial charge in [-0.1, -0.05) is 11.6 Å². The van der Waals surface area contributed by atoms with Crippen LogP contribution in [0.4, 0.5) is 5.69 Å². The van der Waals surface area contributed by atoms with Crippen molar-refractivity contribution in [2.45, 2.75) is 26.0 Å². The van der Waals surface area contributed by atoms with E-state index < -0.39 is 5.60 Å². The summed E-state index contributed by atoms with van der Waals surface area (Å²) in [5, 5.41) is 14.9. The summed E-state index contributed by atoms with van der Waals surface area (Å²) in [6.07, 6.45) is 6.79. The maximum absolute atomic E-state index is 9.88. The van der Waals surface area contributed by atoms with Crippen molar-refractivity contribution in [1.29, 1.82) is 0 Å². The minimum atomic E-state index is -0.930. The van der Waals surface area contributed by atoms with E-state index in [1.165, 1.54) is 0 Å². The van der Waals surface area contributed by atoms with Crippen LogP contribution >= 0.6 is 11.6 Å². The molecule has 4 rings (SSSR count). The molecule has 0 atom stereocenters. The molecule has 1 N–H and O–H groups in total. The van der Waals surface area contributed by atoms with Crippen molar-refractivity contribution in [3.63, 3.8) is 0 Å². The fraction of sp³-hybridized carbons (Fsp3) is 0.286. The number of aromatic nitrogens is 3. The normalized spacial score (nSPS) is 13.3. The first-order chi connectivity index (χ1) is 14.3. The van der Waals surface area contributed by atoms with Gasteiger partial charge in [-0.3, -0.25) is 0 Å². The lowest BCUT2D eigenvalue weighted by Gasteiger charge is -2.25. The number of hydrogen-bond donors (Lipinski definition) is 1. The predicted molar refractivity (Wildman–Crippen MR) is 115 cm³/mol. The van der Waals surface area contributed by atoms with Crippen molar-refractivity contribution >= 4 is 23.6 Å².